The number of aryl methyl sites for hydroxylation is 1. The van der Waals surface area contributed by atoms with E-state index in [0.29, 0.717) is 6.54 Å². The number of aromatic nitrogens is 1. The number of piperidine rings is 1. The summed E-state index contributed by atoms with van der Waals surface area (Å²) in [5.41, 5.74) is 2.82. The standard InChI is InChI=1S/C17H25N3O3/c1-12-8-18-14(13(2)15(12)22-4)9-20-7-5-6-17(11-20)10-19(3)16(21)23-17/h8H,5-7,9-11H2,1-4H3/t17-/m1/s1. The average Bonchev–Trinajstić information content (AvgIpc) is 2.76. The maximum Gasteiger partial charge on any atom is 0.410 e. The predicted molar refractivity (Wildman–Crippen MR) is 86.6 cm³/mol. The molecule has 3 heterocycles. The second kappa shape index (κ2) is 6.00. The molecule has 0 bridgehead atoms. The Bertz CT molecular complexity index is 619. The summed E-state index contributed by atoms with van der Waals surface area (Å²) in [4.78, 5) is 20.3. The zero-order chi connectivity index (χ0) is 16.6. The lowest BCUT2D eigenvalue weighted by atomic mass is 9.92. The van der Waals surface area contributed by atoms with Gasteiger partial charge in [-0.1, -0.05) is 0 Å². The summed E-state index contributed by atoms with van der Waals surface area (Å²) in [5.74, 6) is 0.911. The third-order valence-corrected chi connectivity index (χ3v) is 4.88. The highest BCUT2D eigenvalue weighted by Crippen LogP contribution is 2.32. The fourth-order valence-corrected chi connectivity index (χ4v) is 3.77. The van der Waals surface area contributed by atoms with E-state index in [2.05, 4.69) is 16.8 Å². The number of carbonyl (C=O) groups is 1. The summed E-state index contributed by atoms with van der Waals surface area (Å²) in [6.07, 6.45) is 3.62. The largest absolute Gasteiger partial charge is 0.496 e. The van der Waals surface area contributed by atoms with E-state index in [9.17, 15) is 4.79 Å². The normalized spacial score (nSPS) is 25.0. The smallest absolute Gasteiger partial charge is 0.410 e. The van der Waals surface area contributed by atoms with Gasteiger partial charge >= 0.3 is 6.09 Å². The Labute approximate surface area is 137 Å². The molecule has 0 unspecified atom stereocenters. The van der Waals surface area contributed by atoms with Crippen molar-refractivity contribution in [2.24, 2.45) is 0 Å². The van der Waals surface area contributed by atoms with Crippen LogP contribution in [0, 0.1) is 13.8 Å². The topological polar surface area (TPSA) is 54.9 Å². The first kappa shape index (κ1) is 16.1. The minimum Gasteiger partial charge on any atom is -0.496 e. The van der Waals surface area contributed by atoms with Gasteiger partial charge < -0.3 is 14.4 Å². The molecule has 0 aromatic carbocycles. The van der Waals surface area contributed by atoms with Crippen LogP contribution in [0.5, 0.6) is 5.75 Å². The summed E-state index contributed by atoms with van der Waals surface area (Å²) < 4.78 is 11.2. The van der Waals surface area contributed by atoms with Crippen molar-refractivity contribution in [3.8, 4) is 5.75 Å². The first-order valence-electron chi connectivity index (χ1n) is 8.10. The molecule has 2 aliphatic heterocycles. The summed E-state index contributed by atoms with van der Waals surface area (Å²) in [6.45, 7) is 7.25. The van der Waals surface area contributed by atoms with Gasteiger partial charge in [0, 0.05) is 37.5 Å². The molecule has 6 heteroatoms. The molecule has 1 spiro atoms. The Hall–Kier alpha value is -1.82. The van der Waals surface area contributed by atoms with Crippen LogP contribution in [0.4, 0.5) is 4.79 Å². The summed E-state index contributed by atoms with van der Waals surface area (Å²) in [7, 11) is 3.50. The van der Waals surface area contributed by atoms with Crippen molar-refractivity contribution in [2.75, 3.05) is 33.8 Å². The van der Waals surface area contributed by atoms with Crippen molar-refractivity contribution in [2.45, 2.75) is 38.8 Å². The van der Waals surface area contributed by atoms with Crippen molar-refractivity contribution >= 4 is 6.09 Å². The van der Waals surface area contributed by atoms with Crippen LogP contribution >= 0.6 is 0 Å². The molecule has 1 aromatic heterocycles. The molecule has 126 valence electrons. The highest BCUT2D eigenvalue weighted by molar-refractivity contribution is 5.70. The number of methoxy groups -OCH3 is 1. The van der Waals surface area contributed by atoms with Gasteiger partial charge in [-0.2, -0.15) is 0 Å². The fraction of sp³-hybridized carbons (Fsp3) is 0.647. The van der Waals surface area contributed by atoms with Gasteiger partial charge in [0.25, 0.3) is 0 Å². The quantitative estimate of drug-likeness (QED) is 0.854. The third kappa shape index (κ3) is 3.00. The second-order valence-corrected chi connectivity index (χ2v) is 6.77. The number of hydrogen-bond donors (Lipinski definition) is 0. The lowest BCUT2D eigenvalue weighted by Crippen LogP contribution is -2.50. The Balaban J connectivity index is 1.75. The second-order valence-electron chi connectivity index (χ2n) is 6.77. The highest BCUT2D eigenvalue weighted by Gasteiger charge is 2.46. The maximum atomic E-state index is 11.7. The van der Waals surface area contributed by atoms with Gasteiger partial charge in [-0.05, 0) is 33.2 Å². The van der Waals surface area contributed by atoms with Crippen LogP contribution in [0.3, 0.4) is 0 Å². The first-order valence-corrected chi connectivity index (χ1v) is 8.10. The monoisotopic (exact) mass is 319 g/mol. The van der Waals surface area contributed by atoms with Crippen LogP contribution in [0.1, 0.15) is 29.7 Å². The highest BCUT2D eigenvalue weighted by atomic mass is 16.6. The number of hydrogen-bond acceptors (Lipinski definition) is 5. The van der Waals surface area contributed by atoms with E-state index in [1.54, 1.807) is 19.1 Å². The number of ether oxygens (including phenoxy) is 2. The van der Waals surface area contributed by atoms with Crippen molar-refractivity contribution in [3.05, 3.63) is 23.0 Å². The van der Waals surface area contributed by atoms with E-state index < -0.39 is 0 Å². The van der Waals surface area contributed by atoms with Gasteiger partial charge in [-0.3, -0.25) is 9.88 Å². The Morgan fingerprint density at radius 2 is 2.17 bits per heavy atom. The molecule has 1 amide bonds. The van der Waals surface area contributed by atoms with Crippen molar-refractivity contribution in [3.63, 3.8) is 0 Å². The minimum atomic E-state index is -0.354. The lowest BCUT2D eigenvalue weighted by molar-refractivity contribution is -0.0117. The molecule has 6 nitrogen and oxygen atoms in total. The van der Waals surface area contributed by atoms with Gasteiger partial charge in [0.2, 0.25) is 0 Å². The molecule has 2 aliphatic rings. The molecule has 0 aliphatic carbocycles. The molecule has 1 aromatic rings. The van der Waals surface area contributed by atoms with E-state index in [1.807, 2.05) is 13.1 Å². The van der Waals surface area contributed by atoms with Gasteiger partial charge in [0.05, 0.1) is 19.3 Å². The molecule has 0 radical (unpaired) electrons. The molecule has 2 fully saturated rings. The Morgan fingerprint density at radius 1 is 1.39 bits per heavy atom. The van der Waals surface area contributed by atoms with Crippen LogP contribution < -0.4 is 4.74 Å². The van der Waals surface area contributed by atoms with Crippen LogP contribution in [0.25, 0.3) is 0 Å². The molecule has 0 saturated carbocycles. The summed E-state index contributed by atoms with van der Waals surface area (Å²) in [5, 5.41) is 0. The maximum absolute atomic E-state index is 11.7. The lowest BCUT2D eigenvalue weighted by Gasteiger charge is -2.38. The van der Waals surface area contributed by atoms with Gasteiger partial charge in [-0.15, -0.1) is 0 Å². The minimum absolute atomic E-state index is 0.210. The van der Waals surface area contributed by atoms with Gasteiger partial charge in [0.15, 0.2) is 0 Å². The first-order chi connectivity index (χ1) is 10.9. The molecule has 2 saturated heterocycles. The Morgan fingerprint density at radius 3 is 2.83 bits per heavy atom. The van der Waals surface area contributed by atoms with E-state index in [1.165, 1.54) is 0 Å². The average molecular weight is 319 g/mol. The van der Waals surface area contributed by atoms with E-state index >= 15 is 0 Å². The van der Waals surface area contributed by atoms with Crippen LogP contribution in [0.15, 0.2) is 6.20 Å². The SMILES string of the molecule is COc1c(C)cnc(CN2CCC[C@]3(C2)CN(C)C(=O)O3)c1C. The van der Waals surface area contributed by atoms with Crippen LogP contribution in [0.2, 0.25) is 0 Å². The molecular formula is C17H25N3O3. The summed E-state index contributed by atoms with van der Waals surface area (Å²) in [6, 6.07) is 0. The fourth-order valence-electron chi connectivity index (χ4n) is 3.77. The van der Waals surface area contributed by atoms with Gasteiger partial charge in [-0.25, -0.2) is 4.79 Å². The van der Waals surface area contributed by atoms with E-state index in [4.69, 9.17) is 9.47 Å². The molecule has 23 heavy (non-hydrogen) atoms. The van der Waals surface area contributed by atoms with Gasteiger partial charge in [0.1, 0.15) is 11.4 Å². The Kier molecular flexibility index (Phi) is 4.19. The van der Waals surface area contributed by atoms with Crippen molar-refractivity contribution in [1.82, 2.24) is 14.8 Å². The molecular weight excluding hydrogens is 294 g/mol. The number of pyridine rings is 1. The third-order valence-electron chi connectivity index (χ3n) is 4.88. The number of likely N-dealkylation sites (N-methyl/N-ethyl adjacent to an activating group) is 1. The number of likely N-dealkylation sites (tertiary alicyclic amines) is 1. The molecule has 1 atom stereocenters. The zero-order valence-electron chi connectivity index (χ0n) is 14.4. The van der Waals surface area contributed by atoms with Crippen molar-refractivity contribution < 1.29 is 14.3 Å². The number of nitrogens with zero attached hydrogens (tertiary/aromatic N) is 3. The van der Waals surface area contributed by atoms with Crippen LogP contribution in [-0.4, -0.2) is 60.3 Å². The predicted octanol–water partition coefficient (Wildman–Crippen LogP) is 2.12. The summed E-state index contributed by atoms with van der Waals surface area (Å²) >= 11 is 0. The number of carbonyl (C=O) groups excluding carboxylic acids is 1. The number of amides is 1. The van der Waals surface area contributed by atoms with Crippen LogP contribution in [-0.2, 0) is 11.3 Å². The zero-order valence-corrected chi connectivity index (χ0v) is 14.4. The molecule has 0 N–H and O–H groups in total. The van der Waals surface area contributed by atoms with E-state index in [-0.39, 0.29) is 11.7 Å². The van der Waals surface area contributed by atoms with Crippen molar-refractivity contribution in [1.29, 1.82) is 0 Å². The number of rotatable bonds is 3. The van der Waals surface area contributed by atoms with E-state index in [0.717, 1.165) is 55.0 Å². The molecule has 3 rings (SSSR count).